The molecular weight excluding hydrogens is 280 g/mol. The summed E-state index contributed by atoms with van der Waals surface area (Å²) in [6, 6.07) is 10.2. The number of hydrogen-bond donors (Lipinski definition) is 1. The third-order valence-corrected chi connectivity index (χ3v) is 4.33. The second-order valence-electron chi connectivity index (χ2n) is 5.02. The molecule has 21 heavy (non-hydrogen) atoms. The average Bonchev–Trinajstić information content (AvgIpc) is 2.51. The van der Waals surface area contributed by atoms with Gasteiger partial charge in [0.2, 0.25) is 0 Å². The molecule has 0 bridgehead atoms. The fourth-order valence-corrected chi connectivity index (χ4v) is 2.99. The molecule has 1 aromatic carbocycles. The second-order valence-corrected chi connectivity index (χ2v) is 6.13. The highest BCUT2D eigenvalue weighted by molar-refractivity contribution is 7.99. The standard InChI is InChI=1S/C17H22N2OS/c1-14-8-4-5-9-15(14)17-18-11-10-16(19-17)21-13-7-3-2-6-12-20/h4-5,8-11,20H,2-3,6-7,12-13H2,1H3. The number of thioether (sulfide) groups is 1. The number of nitrogens with zero attached hydrogens (tertiary/aromatic N) is 2. The summed E-state index contributed by atoms with van der Waals surface area (Å²) in [4.78, 5) is 9.04. The third-order valence-electron chi connectivity index (χ3n) is 3.32. The predicted molar refractivity (Wildman–Crippen MR) is 88.5 cm³/mol. The number of unbranched alkanes of at least 4 members (excludes halogenated alkanes) is 3. The Bertz CT molecular complexity index is 560. The molecule has 1 heterocycles. The number of hydrogen-bond acceptors (Lipinski definition) is 4. The Morgan fingerprint density at radius 1 is 1.05 bits per heavy atom. The van der Waals surface area contributed by atoms with Gasteiger partial charge in [0.25, 0.3) is 0 Å². The molecule has 1 aromatic heterocycles. The summed E-state index contributed by atoms with van der Waals surface area (Å²) in [5.74, 6) is 1.87. The van der Waals surface area contributed by atoms with Crippen molar-refractivity contribution in [2.75, 3.05) is 12.4 Å². The van der Waals surface area contributed by atoms with E-state index in [-0.39, 0.29) is 0 Å². The van der Waals surface area contributed by atoms with E-state index in [1.165, 1.54) is 12.0 Å². The van der Waals surface area contributed by atoms with Crippen LogP contribution in [0.25, 0.3) is 11.4 Å². The van der Waals surface area contributed by atoms with Crippen molar-refractivity contribution in [2.24, 2.45) is 0 Å². The van der Waals surface area contributed by atoms with E-state index in [0.29, 0.717) is 6.61 Å². The maximum atomic E-state index is 8.74. The quantitative estimate of drug-likeness (QED) is 0.453. The van der Waals surface area contributed by atoms with E-state index in [2.05, 4.69) is 29.0 Å². The minimum atomic E-state index is 0.304. The van der Waals surface area contributed by atoms with Crippen LogP contribution in [0.1, 0.15) is 31.2 Å². The van der Waals surface area contributed by atoms with Gasteiger partial charge in [-0.2, -0.15) is 0 Å². The van der Waals surface area contributed by atoms with Gasteiger partial charge in [0.15, 0.2) is 5.82 Å². The van der Waals surface area contributed by atoms with E-state index in [0.717, 1.165) is 41.4 Å². The van der Waals surface area contributed by atoms with E-state index in [1.54, 1.807) is 11.8 Å². The van der Waals surface area contributed by atoms with Crippen molar-refractivity contribution >= 4 is 11.8 Å². The number of aliphatic hydroxyl groups is 1. The Morgan fingerprint density at radius 2 is 1.86 bits per heavy atom. The van der Waals surface area contributed by atoms with Gasteiger partial charge in [0.05, 0.1) is 0 Å². The monoisotopic (exact) mass is 302 g/mol. The van der Waals surface area contributed by atoms with E-state index in [9.17, 15) is 0 Å². The van der Waals surface area contributed by atoms with Gasteiger partial charge in [-0.25, -0.2) is 9.97 Å². The van der Waals surface area contributed by atoms with Crippen LogP contribution in [0.4, 0.5) is 0 Å². The zero-order valence-electron chi connectivity index (χ0n) is 12.5. The average molecular weight is 302 g/mol. The Kier molecular flexibility index (Phi) is 6.70. The molecule has 0 radical (unpaired) electrons. The molecule has 0 fully saturated rings. The van der Waals surface area contributed by atoms with Gasteiger partial charge in [0.1, 0.15) is 5.03 Å². The number of rotatable bonds is 8. The van der Waals surface area contributed by atoms with Gasteiger partial charge in [0, 0.05) is 18.4 Å². The third kappa shape index (κ3) is 5.14. The van der Waals surface area contributed by atoms with Gasteiger partial charge in [-0.05, 0) is 37.1 Å². The first-order valence-electron chi connectivity index (χ1n) is 7.44. The molecule has 2 rings (SSSR count). The molecule has 4 heteroatoms. The van der Waals surface area contributed by atoms with Gasteiger partial charge in [-0.15, -0.1) is 11.8 Å². The van der Waals surface area contributed by atoms with Gasteiger partial charge < -0.3 is 5.11 Å². The predicted octanol–water partition coefficient (Wildman–Crippen LogP) is 4.10. The molecule has 0 aliphatic carbocycles. The lowest BCUT2D eigenvalue weighted by atomic mass is 10.1. The molecule has 0 atom stereocenters. The van der Waals surface area contributed by atoms with Gasteiger partial charge in [-0.1, -0.05) is 37.1 Å². The highest BCUT2D eigenvalue weighted by Gasteiger charge is 2.05. The van der Waals surface area contributed by atoms with Crippen LogP contribution in [0.15, 0.2) is 41.6 Å². The molecular formula is C17H22N2OS. The van der Waals surface area contributed by atoms with Crippen molar-refractivity contribution < 1.29 is 5.11 Å². The Balaban J connectivity index is 1.91. The van der Waals surface area contributed by atoms with Crippen LogP contribution in [0.3, 0.4) is 0 Å². The van der Waals surface area contributed by atoms with Gasteiger partial charge in [-0.3, -0.25) is 0 Å². The van der Waals surface area contributed by atoms with Crippen LogP contribution in [0.2, 0.25) is 0 Å². The van der Waals surface area contributed by atoms with Gasteiger partial charge >= 0.3 is 0 Å². The first-order valence-corrected chi connectivity index (χ1v) is 8.42. The zero-order valence-corrected chi connectivity index (χ0v) is 13.3. The summed E-state index contributed by atoms with van der Waals surface area (Å²) in [5, 5.41) is 9.77. The lowest BCUT2D eigenvalue weighted by Gasteiger charge is -2.06. The normalized spacial score (nSPS) is 10.8. The SMILES string of the molecule is Cc1ccccc1-c1nccc(SCCCCCCO)n1. The molecule has 3 nitrogen and oxygen atoms in total. The summed E-state index contributed by atoms with van der Waals surface area (Å²) in [6.45, 7) is 2.39. The molecule has 0 aliphatic heterocycles. The van der Waals surface area contributed by atoms with Crippen molar-refractivity contribution in [2.45, 2.75) is 37.6 Å². The van der Waals surface area contributed by atoms with Crippen molar-refractivity contribution in [3.05, 3.63) is 42.1 Å². The number of aliphatic hydroxyl groups excluding tert-OH is 1. The van der Waals surface area contributed by atoms with Crippen LogP contribution in [0.5, 0.6) is 0 Å². The summed E-state index contributed by atoms with van der Waals surface area (Å²) >= 11 is 1.78. The molecule has 0 saturated carbocycles. The van der Waals surface area contributed by atoms with Crippen LogP contribution >= 0.6 is 11.8 Å². The highest BCUT2D eigenvalue weighted by Crippen LogP contribution is 2.23. The van der Waals surface area contributed by atoms with E-state index in [4.69, 9.17) is 5.11 Å². The number of aryl methyl sites for hydroxylation is 1. The summed E-state index contributed by atoms with van der Waals surface area (Å²) < 4.78 is 0. The van der Waals surface area contributed by atoms with Crippen molar-refractivity contribution in [1.29, 1.82) is 0 Å². The Labute approximate surface area is 130 Å². The first-order chi connectivity index (χ1) is 10.3. The summed E-state index contributed by atoms with van der Waals surface area (Å²) in [6.07, 6.45) is 6.19. The van der Waals surface area contributed by atoms with E-state index >= 15 is 0 Å². The maximum absolute atomic E-state index is 8.74. The van der Waals surface area contributed by atoms with Crippen LogP contribution in [-0.4, -0.2) is 27.4 Å². The van der Waals surface area contributed by atoms with Crippen LogP contribution in [-0.2, 0) is 0 Å². The fraction of sp³-hybridized carbons (Fsp3) is 0.412. The zero-order chi connectivity index (χ0) is 14.9. The van der Waals surface area contributed by atoms with E-state index in [1.807, 2.05) is 24.4 Å². The minimum absolute atomic E-state index is 0.304. The lowest BCUT2D eigenvalue weighted by molar-refractivity contribution is 0.283. The Hall–Kier alpha value is -1.39. The lowest BCUT2D eigenvalue weighted by Crippen LogP contribution is -1.93. The molecule has 0 saturated heterocycles. The first kappa shape index (κ1) is 16.0. The molecule has 0 unspecified atom stereocenters. The van der Waals surface area contributed by atoms with E-state index < -0.39 is 0 Å². The van der Waals surface area contributed by atoms with Crippen LogP contribution in [0, 0.1) is 6.92 Å². The highest BCUT2D eigenvalue weighted by atomic mass is 32.2. The smallest absolute Gasteiger partial charge is 0.160 e. The molecule has 112 valence electrons. The molecule has 0 spiro atoms. The minimum Gasteiger partial charge on any atom is -0.396 e. The maximum Gasteiger partial charge on any atom is 0.160 e. The molecule has 1 N–H and O–H groups in total. The van der Waals surface area contributed by atoms with Crippen molar-refractivity contribution in [3.63, 3.8) is 0 Å². The largest absolute Gasteiger partial charge is 0.396 e. The fourth-order valence-electron chi connectivity index (χ4n) is 2.12. The molecule has 0 aliphatic rings. The van der Waals surface area contributed by atoms with Crippen molar-refractivity contribution in [3.8, 4) is 11.4 Å². The topological polar surface area (TPSA) is 46.0 Å². The second kappa shape index (κ2) is 8.80. The van der Waals surface area contributed by atoms with Crippen LogP contribution < -0.4 is 0 Å². The number of benzene rings is 1. The molecule has 2 aromatic rings. The summed E-state index contributed by atoms with van der Waals surface area (Å²) in [5.41, 5.74) is 2.30. The van der Waals surface area contributed by atoms with Crippen molar-refractivity contribution in [1.82, 2.24) is 9.97 Å². The molecule has 0 amide bonds. The summed E-state index contributed by atoms with van der Waals surface area (Å²) in [7, 11) is 0. The Morgan fingerprint density at radius 3 is 2.67 bits per heavy atom. The number of aromatic nitrogens is 2.